The second kappa shape index (κ2) is 4.76. The number of hydrogen-bond donors (Lipinski definition) is 1. The molecule has 100 valence electrons. The Labute approximate surface area is 117 Å². The first kappa shape index (κ1) is 11.7. The number of benzene rings is 1. The highest BCUT2D eigenvalue weighted by atomic mass is 32.1. The van der Waals surface area contributed by atoms with Crippen molar-refractivity contribution in [2.75, 3.05) is 18.0 Å². The van der Waals surface area contributed by atoms with Gasteiger partial charge in [0.1, 0.15) is 5.00 Å². The summed E-state index contributed by atoms with van der Waals surface area (Å²) in [5.74, 6) is 0. The van der Waals surface area contributed by atoms with Gasteiger partial charge in [-0.25, -0.2) is 0 Å². The molecule has 4 rings (SSSR count). The molecule has 2 fully saturated rings. The van der Waals surface area contributed by atoms with E-state index >= 15 is 0 Å². The average Bonchev–Trinajstić information content (AvgIpc) is 3.17. The molecular weight excluding hydrogens is 254 g/mol. The number of rotatable bonds is 2. The Morgan fingerprint density at radius 2 is 2.16 bits per heavy atom. The van der Waals surface area contributed by atoms with Crippen LogP contribution in [-0.4, -0.2) is 29.5 Å². The molecule has 0 spiro atoms. The van der Waals surface area contributed by atoms with Crippen molar-refractivity contribution in [1.82, 2.24) is 9.69 Å². The number of aromatic nitrogens is 1. The molecule has 1 aromatic heterocycles. The summed E-state index contributed by atoms with van der Waals surface area (Å²) >= 11 is 1.67. The molecule has 0 aliphatic carbocycles. The van der Waals surface area contributed by atoms with Gasteiger partial charge < -0.3 is 10.2 Å². The first-order valence-corrected chi connectivity index (χ1v) is 8.05. The minimum atomic E-state index is 0.673. The monoisotopic (exact) mass is 273 g/mol. The maximum atomic E-state index is 4.60. The van der Waals surface area contributed by atoms with E-state index in [1.165, 1.54) is 49.2 Å². The van der Waals surface area contributed by atoms with Crippen LogP contribution in [0.4, 0.5) is 5.00 Å². The van der Waals surface area contributed by atoms with Gasteiger partial charge in [0.15, 0.2) is 0 Å². The molecule has 0 radical (unpaired) electrons. The summed E-state index contributed by atoms with van der Waals surface area (Å²) in [5, 5.41) is 6.39. The smallest absolute Gasteiger partial charge is 0.120 e. The summed E-state index contributed by atoms with van der Waals surface area (Å²) in [6, 6.07) is 9.89. The topological polar surface area (TPSA) is 28.2 Å². The number of nitrogens with one attached hydrogen (secondary N) is 1. The van der Waals surface area contributed by atoms with Crippen molar-refractivity contribution in [2.45, 2.75) is 37.8 Å². The van der Waals surface area contributed by atoms with E-state index in [1.54, 1.807) is 11.5 Å². The van der Waals surface area contributed by atoms with Gasteiger partial charge in [-0.1, -0.05) is 12.1 Å². The molecule has 3 nitrogen and oxygen atoms in total. The molecule has 2 unspecified atom stereocenters. The lowest BCUT2D eigenvalue weighted by molar-refractivity contribution is 0.484. The highest BCUT2D eigenvalue weighted by Crippen LogP contribution is 2.37. The molecule has 1 N–H and O–H groups in total. The number of nitrogens with zero attached hydrogens (tertiary/aromatic N) is 2. The summed E-state index contributed by atoms with van der Waals surface area (Å²) in [6.07, 6.45) is 5.30. The minimum absolute atomic E-state index is 0.673. The van der Waals surface area contributed by atoms with Crippen LogP contribution in [-0.2, 0) is 0 Å². The number of fused-ring (bicyclic) bond motifs is 1. The molecule has 2 saturated heterocycles. The van der Waals surface area contributed by atoms with Crippen molar-refractivity contribution in [1.29, 1.82) is 0 Å². The Balaban J connectivity index is 1.70. The van der Waals surface area contributed by atoms with Gasteiger partial charge >= 0.3 is 0 Å². The Morgan fingerprint density at radius 3 is 3.05 bits per heavy atom. The van der Waals surface area contributed by atoms with Crippen molar-refractivity contribution >= 4 is 27.4 Å². The van der Waals surface area contributed by atoms with Crippen molar-refractivity contribution in [2.24, 2.45) is 0 Å². The van der Waals surface area contributed by atoms with Crippen LogP contribution in [0.15, 0.2) is 24.3 Å². The molecule has 3 heterocycles. The third kappa shape index (κ3) is 1.94. The Kier molecular flexibility index (Phi) is 2.93. The minimum Gasteiger partial charge on any atom is -0.357 e. The van der Waals surface area contributed by atoms with Crippen molar-refractivity contribution < 1.29 is 0 Å². The second-order valence-corrected chi connectivity index (χ2v) is 6.36. The molecule has 1 aromatic carbocycles. The quantitative estimate of drug-likeness (QED) is 0.911. The first-order valence-electron chi connectivity index (χ1n) is 7.28. The van der Waals surface area contributed by atoms with Gasteiger partial charge in [-0.2, -0.15) is 4.37 Å². The molecule has 4 heteroatoms. The van der Waals surface area contributed by atoms with Crippen molar-refractivity contribution in [3.63, 3.8) is 0 Å². The zero-order chi connectivity index (χ0) is 12.7. The Bertz CT molecular complexity index is 574. The van der Waals surface area contributed by atoms with Crippen LogP contribution in [0.1, 0.15) is 25.7 Å². The fourth-order valence-corrected chi connectivity index (χ4v) is 4.53. The molecule has 19 heavy (non-hydrogen) atoms. The average molecular weight is 273 g/mol. The van der Waals surface area contributed by atoms with Gasteiger partial charge in [-0.15, -0.1) is 0 Å². The predicted molar refractivity (Wildman–Crippen MR) is 81.0 cm³/mol. The van der Waals surface area contributed by atoms with Crippen LogP contribution in [0.2, 0.25) is 0 Å². The summed E-state index contributed by atoms with van der Waals surface area (Å²) in [6.45, 7) is 2.38. The standard InChI is InChI=1S/C15H19N3S/c1-2-6-12-11(5-1)15(19-17-12)18-10-4-8-14(18)13-7-3-9-16-13/h1-2,5-6,13-14,16H,3-4,7-10H2. The number of hydrogen-bond acceptors (Lipinski definition) is 4. The molecule has 0 bridgehead atoms. The third-order valence-electron chi connectivity index (χ3n) is 4.49. The maximum absolute atomic E-state index is 4.60. The Hall–Kier alpha value is -1.13. The first-order chi connectivity index (χ1) is 9.43. The van der Waals surface area contributed by atoms with Crippen molar-refractivity contribution in [3.8, 4) is 0 Å². The van der Waals surface area contributed by atoms with E-state index in [0.29, 0.717) is 12.1 Å². The summed E-state index contributed by atoms with van der Waals surface area (Å²) < 4.78 is 4.60. The lowest BCUT2D eigenvalue weighted by Crippen LogP contribution is -2.43. The van der Waals surface area contributed by atoms with Crippen LogP contribution < -0.4 is 10.2 Å². The van der Waals surface area contributed by atoms with Gasteiger partial charge in [0.2, 0.25) is 0 Å². The van der Waals surface area contributed by atoms with Gasteiger partial charge in [-0.05, 0) is 55.9 Å². The van der Waals surface area contributed by atoms with E-state index in [1.807, 2.05) is 0 Å². The van der Waals surface area contributed by atoms with Crippen LogP contribution in [0.5, 0.6) is 0 Å². The summed E-state index contributed by atoms with van der Waals surface area (Å²) in [7, 11) is 0. The molecular formula is C15H19N3S. The predicted octanol–water partition coefficient (Wildman–Crippen LogP) is 3.02. The van der Waals surface area contributed by atoms with E-state index in [4.69, 9.17) is 0 Å². The van der Waals surface area contributed by atoms with Crippen molar-refractivity contribution in [3.05, 3.63) is 24.3 Å². The van der Waals surface area contributed by atoms with Gasteiger partial charge in [0.25, 0.3) is 0 Å². The largest absolute Gasteiger partial charge is 0.357 e. The summed E-state index contributed by atoms with van der Waals surface area (Å²) in [5.41, 5.74) is 1.15. The lowest BCUT2D eigenvalue weighted by atomic mass is 10.0. The van der Waals surface area contributed by atoms with E-state index in [2.05, 4.69) is 38.9 Å². The molecule has 2 aliphatic heterocycles. The SMILES string of the molecule is c1ccc2c(N3CCCC3C3CCCN3)snc2c1. The normalized spacial score (nSPS) is 27.5. The van der Waals surface area contributed by atoms with Crippen LogP contribution in [0, 0.1) is 0 Å². The zero-order valence-corrected chi connectivity index (χ0v) is 11.8. The van der Waals surface area contributed by atoms with Crippen LogP contribution in [0.25, 0.3) is 10.9 Å². The molecule has 2 aromatic rings. The molecule has 0 amide bonds. The Morgan fingerprint density at radius 1 is 1.21 bits per heavy atom. The van der Waals surface area contributed by atoms with E-state index in [-0.39, 0.29) is 0 Å². The molecule has 2 aliphatic rings. The van der Waals surface area contributed by atoms with Crippen LogP contribution in [0.3, 0.4) is 0 Å². The highest BCUT2D eigenvalue weighted by molar-refractivity contribution is 7.11. The zero-order valence-electron chi connectivity index (χ0n) is 11.0. The highest BCUT2D eigenvalue weighted by Gasteiger charge is 2.34. The van der Waals surface area contributed by atoms with E-state index in [9.17, 15) is 0 Å². The van der Waals surface area contributed by atoms with E-state index in [0.717, 1.165) is 5.52 Å². The second-order valence-electron chi connectivity index (χ2n) is 5.61. The van der Waals surface area contributed by atoms with Gasteiger partial charge in [0.05, 0.1) is 5.52 Å². The van der Waals surface area contributed by atoms with Gasteiger partial charge in [0, 0.05) is 24.0 Å². The molecule has 0 saturated carbocycles. The van der Waals surface area contributed by atoms with Gasteiger partial charge in [-0.3, -0.25) is 0 Å². The third-order valence-corrected chi connectivity index (χ3v) is 5.40. The fourth-order valence-electron chi connectivity index (χ4n) is 3.59. The van der Waals surface area contributed by atoms with E-state index < -0.39 is 0 Å². The maximum Gasteiger partial charge on any atom is 0.120 e. The lowest BCUT2D eigenvalue weighted by Gasteiger charge is -2.30. The molecule has 2 atom stereocenters. The number of anilines is 1. The fraction of sp³-hybridized carbons (Fsp3) is 0.533. The summed E-state index contributed by atoms with van der Waals surface area (Å²) in [4.78, 5) is 2.61. The van der Waals surface area contributed by atoms with Crippen LogP contribution >= 0.6 is 11.5 Å².